The molecule has 1 atom stereocenters. The summed E-state index contributed by atoms with van der Waals surface area (Å²) in [7, 11) is 0. The molecule has 19 heavy (non-hydrogen) atoms. The molecule has 0 aromatic carbocycles. The van der Waals surface area contributed by atoms with E-state index in [1.807, 2.05) is 0 Å². The Morgan fingerprint density at radius 3 is 3.11 bits per heavy atom. The third-order valence-electron chi connectivity index (χ3n) is 2.87. The number of carbonyl (C=O) groups excluding carboxylic acids is 1. The van der Waals surface area contributed by atoms with Crippen molar-refractivity contribution < 1.29 is 9.21 Å². The maximum absolute atomic E-state index is 11.8. The van der Waals surface area contributed by atoms with Crippen LogP contribution in [0.3, 0.4) is 0 Å². The standard InChI is InChI=1S/C11H12N6O2/c18-9(7-3-5-13-14-6-7)15-11-17-16-10(19-11)8-2-1-4-12-8/h3,5-6,8,12H,1-2,4H2,(H,15,17,18). The van der Waals surface area contributed by atoms with E-state index in [1.54, 1.807) is 6.07 Å². The molecule has 1 fully saturated rings. The van der Waals surface area contributed by atoms with Gasteiger partial charge in [0.1, 0.15) is 0 Å². The molecule has 1 aliphatic heterocycles. The molecule has 8 heteroatoms. The molecule has 1 unspecified atom stereocenters. The molecule has 2 aromatic rings. The Kier molecular flexibility index (Phi) is 3.15. The molecule has 0 saturated carbocycles. The first-order chi connectivity index (χ1) is 9.33. The van der Waals surface area contributed by atoms with Gasteiger partial charge in [-0.3, -0.25) is 10.1 Å². The van der Waals surface area contributed by atoms with Crippen molar-refractivity contribution in [1.82, 2.24) is 25.7 Å². The summed E-state index contributed by atoms with van der Waals surface area (Å²) < 4.78 is 5.41. The zero-order valence-corrected chi connectivity index (χ0v) is 10.0. The van der Waals surface area contributed by atoms with Gasteiger partial charge in [0.25, 0.3) is 5.91 Å². The monoisotopic (exact) mass is 260 g/mol. The molecular weight excluding hydrogens is 248 g/mol. The molecule has 0 radical (unpaired) electrons. The fourth-order valence-corrected chi connectivity index (χ4v) is 1.92. The van der Waals surface area contributed by atoms with Crippen LogP contribution in [0.4, 0.5) is 6.01 Å². The van der Waals surface area contributed by atoms with Crippen molar-refractivity contribution in [1.29, 1.82) is 0 Å². The lowest BCUT2D eigenvalue weighted by molar-refractivity contribution is 0.102. The number of nitrogens with zero attached hydrogens (tertiary/aromatic N) is 4. The smallest absolute Gasteiger partial charge is 0.322 e. The van der Waals surface area contributed by atoms with Gasteiger partial charge in [-0.15, -0.1) is 5.10 Å². The van der Waals surface area contributed by atoms with Crippen LogP contribution in [0.15, 0.2) is 22.9 Å². The highest BCUT2D eigenvalue weighted by Gasteiger charge is 2.22. The first kappa shape index (κ1) is 11.7. The summed E-state index contributed by atoms with van der Waals surface area (Å²) in [5.74, 6) is 0.144. The fraction of sp³-hybridized carbons (Fsp3) is 0.364. The highest BCUT2D eigenvalue weighted by Crippen LogP contribution is 2.22. The van der Waals surface area contributed by atoms with Gasteiger partial charge in [0.2, 0.25) is 5.89 Å². The number of nitrogens with one attached hydrogen (secondary N) is 2. The van der Waals surface area contributed by atoms with Crippen molar-refractivity contribution in [2.45, 2.75) is 18.9 Å². The molecule has 98 valence electrons. The molecule has 0 aliphatic carbocycles. The fourth-order valence-electron chi connectivity index (χ4n) is 1.92. The normalized spacial score (nSPS) is 18.4. The van der Waals surface area contributed by atoms with E-state index in [4.69, 9.17) is 4.42 Å². The van der Waals surface area contributed by atoms with Gasteiger partial charge in [-0.1, -0.05) is 5.10 Å². The predicted molar refractivity (Wildman–Crippen MR) is 64.3 cm³/mol. The van der Waals surface area contributed by atoms with Gasteiger partial charge in [0.15, 0.2) is 0 Å². The van der Waals surface area contributed by atoms with Gasteiger partial charge in [-0.25, -0.2) is 0 Å². The largest absolute Gasteiger partial charge is 0.406 e. The molecule has 8 nitrogen and oxygen atoms in total. The maximum Gasteiger partial charge on any atom is 0.322 e. The van der Waals surface area contributed by atoms with Gasteiger partial charge in [0.05, 0.1) is 24.0 Å². The first-order valence-electron chi connectivity index (χ1n) is 5.98. The number of hydrogen-bond acceptors (Lipinski definition) is 7. The third-order valence-corrected chi connectivity index (χ3v) is 2.87. The highest BCUT2D eigenvalue weighted by atomic mass is 16.4. The van der Waals surface area contributed by atoms with E-state index in [9.17, 15) is 4.79 Å². The average molecular weight is 260 g/mol. The van der Waals surface area contributed by atoms with Crippen molar-refractivity contribution in [3.8, 4) is 0 Å². The minimum absolute atomic E-state index is 0.0840. The second kappa shape index (κ2) is 5.11. The Morgan fingerprint density at radius 2 is 2.37 bits per heavy atom. The van der Waals surface area contributed by atoms with Crippen LogP contribution in [0.5, 0.6) is 0 Å². The molecule has 3 rings (SSSR count). The zero-order chi connectivity index (χ0) is 13.1. The lowest BCUT2D eigenvalue weighted by atomic mass is 10.2. The Hall–Kier alpha value is -2.35. The topological polar surface area (TPSA) is 106 Å². The number of rotatable bonds is 3. The predicted octanol–water partition coefficient (Wildman–Crippen LogP) is 0.536. The Balaban J connectivity index is 1.68. The van der Waals surface area contributed by atoms with E-state index in [0.29, 0.717) is 11.5 Å². The molecule has 1 amide bonds. The first-order valence-corrected chi connectivity index (χ1v) is 5.98. The van der Waals surface area contributed by atoms with Gasteiger partial charge < -0.3 is 9.73 Å². The van der Waals surface area contributed by atoms with Crippen LogP contribution in [0.2, 0.25) is 0 Å². The van der Waals surface area contributed by atoms with Crippen LogP contribution in [0.1, 0.15) is 35.1 Å². The quantitative estimate of drug-likeness (QED) is 0.829. The van der Waals surface area contributed by atoms with Crippen molar-refractivity contribution in [3.05, 3.63) is 29.9 Å². The summed E-state index contributed by atoms with van der Waals surface area (Å²) in [5.41, 5.74) is 0.383. The van der Waals surface area contributed by atoms with Gasteiger partial charge in [-0.05, 0) is 25.5 Å². The molecule has 0 spiro atoms. The van der Waals surface area contributed by atoms with E-state index in [2.05, 4.69) is 31.0 Å². The number of anilines is 1. The Labute approximate surface area is 108 Å². The van der Waals surface area contributed by atoms with E-state index in [1.165, 1.54) is 12.4 Å². The number of amides is 1. The average Bonchev–Trinajstić information content (AvgIpc) is 3.10. The molecule has 2 aromatic heterocycles. The Bertz CT molecular complexity index is 564. The van der Waals surface area contributed by atoms with Crippen molar-refractivity contribution in [3.63, 3.8) is 0 Å². The number of hydrogen-bond donors (Lipinski definition) is 2. The van der Waals surface area contributed by atoms with Crippen LogP contribution in [-0.2, 0) is 0 Å². The van der Waals surface area contributed by atoms with Gasteiger partial charge >= 0.3 is 6.01 Å². The van der Waals surface area contributed by atoms with Crippen LogP contribution in [-0.4, -0.2) is 32.8 Å². The van der Waals surface area contributed by atoms with E-state index in [0.717, 1.165) is 19.4 Å². The van der Waals surface area contributed by atoms with Crippen molar-refractivity contribution in [2.75, 3.05) is 11.9 Å². The van der Waals surface area contributed by atoms with Crippen molar-refractivity contribution >= 4 is 11.9 Å². The minimum atomic E-state index is -0.357. The minimum Gasteiger partial charge on any atom is -0.406 e. The third kappa shape index (κ3) is 2.58. The molecule has 0 bridgehead atoms. The van der Waals surface area contributed by atoms with Crippen molar-refractivity contribution in [2.24, 2.45) is 0 Å². The summed E-state index contributed by atoms with van der Waals surface area (Å²) in [6.07, 6.45) is 4.85. The lowest BCUT2D eigenvalue weighted by Crippen LogP contribution is -2.13. The van der Waals surface area contributed by atoms with Gasteiger partial charge in [-0.2, -0.15) is 10.2 Å². The SMILES string of the molecule is O=C(Nc1nnc(C2CCCN2)o1)c1ccnnc1. The summed E-state index contributed by atoms with van der Waals surface area (Å²) >= 11 is 0. The summed E-state index contributed by atoms with van der Waals surface area (Å²) in [6.45, 7) is 0.942. The van der Waals surface area contributed by atoms with Gasteiger partial charge in [0, 0.05) is 0 Å². The van der Waals surface area contributed by atoms with Crippen LogP contribution >= 0.6 is 0 Å². The van der Waals surface area contributed by atoms with Crippen LogP contribution in [0, 0.1) is 0 Å². The van der Waals surface area contributed by atoms with E-state index in [-0.39, 0.29) is 18.0 Å². The van der Waals surface area contributed by atoms with Crippen LogP contribution < -0.4 is 10.6 Å². The molecule has 1 aliphatic rings. The molecule has 1 saturated heterocycles. The number of carbonyl (C=O) groups is 1. The molecular formula is C11H12N6O2. The number of aromatic nitrogens is 4. The summed E-state index contributed by atoms with van der Waals surface area (Å²) in [6, 6.07) is 1.73. The lowest BCUT2D eigenvalue weighted by Gasteiger charge is -2.02. The zero-order valence-electron chi connectivity index (χ0n) is 10.0. The second-order valence-electron chi connectivity index (χ2n) is 4.18. The second-order valence-corrected chi connectivity index (χ2v) is 4.18. The Morgan fingerprint density at radius 1 is 1.42 bits per heavy atom. The van der Waals surface area contributed by atoms with Crippen LogP contribution in [0.25, 0.3) is 0 Å². The molecule has 2 N–H and O–H groups in total. The van der Waals surface area contributed by atoms with E-state index < -0.39 is 0 Å². The molecule has 3 heterocycles. The van der Waals surface area contributed by atoms with E-state index >= 15 is 0 Å². The summed E-state index contributed by atoms with van der Waals surface area (Å²) in [5, 5.41) is 20.7. The highest BCUT2D eigenvalue weighted by molar-refractivity contribution is 6.02. The maximum atomic E-state index is 11.8. The summed E-state index contributed by atoms with van der Waals surface area (Å²) in [4.78, 5) is 11.8.